The number of halogens is 1. The summed E-state index contributed by atoms with van der Waals surface area (Å²) in [6, 6.07) is 15.1. The van der Waals surface area contributed by atoms with Gasteiger partial charge >= 0.3 is 5.97 Å². The van der Waals surface area contributed by atoms with Gasteiger partial charge < -0.3 is 14.2 Å². The molecular formula is C22H20ClN3O4. The fourth-order valence-corrected chi connectivity index (χ4v) is 3.42. The van der Waals surface area contributed by atoms with Crippen molar-refractivity contribution in [2.45, 2.75) is 25.8 Å². The summed E-state index contributed by atoms with van der Waals surface area (Å²) in [6.07, 6.45) is 1.10. The number of carbonyl (C=O) groups excluding carboxylic acids is 2. The molecule has 0 atom stereocenters. The zero-order valence-electron chi connectivity index (χ0n) is 16.2. The molecule has 0 fully saturated rings. The van der Waals surface area contributed by atoms with Crippen molar-refractivity contribution in [3.8, 4) is 11.4 Å². The van der Waals surface area contributed by atoms with E-state index in [2.05, 4.69) is 16.2 Å². The van der Waals surface area contributed by atoms with Crippen LogP contribution in [0.2, 0.25) is 5.02 Å². The number of aromatic nitrogens is 2. The van der Waals surface area contributed by atoms with Crippen molar-refractivity contribution >= 4 is 23.5 Å². The van der Waals surface area contributed by atoms with E-state index >= 15 is 0 Å². The van der Waals surface area contributed by atoms with Gasteiger partial charge in [0.1, 0.15) is 0 Å². The standard InChI is InChI=1S/C22H20ClN3O4/c23-18-7-5-16(6-8-18)22-24-19(30-25-22)9-10-21(28)29-14-20(27)26-12-11-15-3-1-2-4-17(15)13-26/h1-8H,9-14H2. The monoisotopic (exact) mass is 425 g/mol. The van der Waals surface area contributed by atoms with Crippen molar-refractivity contribution in [2.24, 2.45) is 0 Å². The van der Waals surface area contributed by atoms with Crippen molar-refractivity contribution in [1.82, 2.24) is 15.0 Å². The van der Waals surface area contributed by atoms with Crippen LogP contribution in [0.15, 0.2) is 53.1 Å². The lowest BCUT2D eigenvalue weighted by Crippen LogP contribution is -2.38. The minimum atomic E-state index is -0.480. The first-order valence-corrected chi connectivity index (χ1v) is 10.0. The van der Waals surface area contributed by atoms with E-state index in [9.17, 15) is 9.59 Å². The number of hydrogen-bond acceptors (Lipinski definition) is 6. The highest BCUT2D eigenvalue weighted by atomic mass is 35.5. The molecule has 0 spiro atoms. The number of nitrogens with zero attached hydrogens (tertiary/aromatic N) is 3. The largest absolute Gasteiger partial charge is 0.456 e. The molecule has 8 heteroatoms. The molecule has 0 saturated heterocycles. The van der Waals surface area contributed by atoms with Gasteiger partial charge in [-0.3, -0.25) is 9.59 Å². The van der Waals surface area contributed by atoms with Crippen molar-refractivity contribution in [2.75, 3.05) is 13.2 Å². The van der Waals surface area contributed by atoms with Gasteiger partial charge in [0.05, 0.1) is 6.42 Å². The SMILES string of the molecule is O=C(CCc1nc(-c2ccc(Cl)cc2)no1)OCC(=O)N1CCc2ccccc2C1. The molecule has 0 N–H and O–H groups in total. The molecule has 0 radical (unpaired) electrons. The summed E-state index contributed by atoms with van der Waals surface area (Å²) in [7, 11) is 0. The van der Waals surface area contributed by atoms with E-state index in [1.807, 2.05) is 18.2 Å². The van der Waals surface area contributed by atoms with Gasteiger partial charge in [-0.1, -0.05) is 41.0 Å². The van der Waals surface area contributed by atoms with Crippen LogP contribution in [0.25, 0.3) is 11.4 Å². The number of amides is 1. The number of aryl methyl sites for hydroxylation is 1. The summed E-state index contributed by atoms with van der Waals surface area (Å²) in [5.74, 6) is 0.0825. The van der Waals surface area contributed by atoms with E-state index < -0.39 is 5.97 Å². The van der Waals surface area contributed by atoms with Crippen molar-refractivity contribution < 1.29 is 18.8 Å². The Morgan fingerprint density at radius 3 is 2.67 bits per heavy atom. The summed E-state index contributed by atoms with van der Waals surface area (Å²) in [4.78, 5) is 30.4. The average Bonchev–Trinajstić information content (AvgIpc) is 3.25. The molecular weight excluding hydrogens is 406 g/mol. The minimum absolute atomic E-state index is 0.0539. The smallest absolute Gasteiger partial charge is 0.306 e. The Labute approximate surface area is 178 Å². The lowest BCUT2D eigenvalue weighted by molar-refractivity contribution is -0.152. The van der Waals surface area contributed by atoms with Crippen LogP contribution in [-0.4, -0.2) is 40.1 Å². The molecule has 3 aromatic rings. The van der Waals surface area contributed by atoms with Gasteiger partial charge in [0, 0.05) is 30.1 Å². The number of carbonyl (C=O) groups is 2. The third-order valence-corrected chi connectivity index (χ3v) is 5.21. The minimum Gasteiger partial charge on any atom is -0.456 e. The Morgan fingerprint density at radius 2 is 1.87 bits per heavy atom. The van der Waals surface area contributed by atoms with Gasteiger partial charge in [0.15, 0.2) is 6.61 Å². The van der Waals surface area contributed by atoms with Crippen molar-refractivity contribution in [3.63, 3.8) is 0 Å². The molecule has 2 heterocycles. The second-order valence-corrected chi connectivity index (χ2v) is 7.45. The Morgan fingerprint density at radius 1 is 1.10 bits per heavy atom. The summed E-state index contributed by atoms with van der Waals surface area (Å²) in [6.45, 7) is 0.908. The van der Waals surface area contributed by atoms with Crippen LogP contribution in [-0.2, 0) is 33.7 Å². The zero-order valence-corrected chi connectivity index (χ0v) is 17.0. The molecule has 0 saturated carbocycles. The highest BCUT2D eigenvalue weighted by molar-refractivity contribution is 6.30. The molecule has 1 aliphatic rings. The highest BCUT2D eigenvalue weighted by Crippen LogP contribution is 2.20. The fourth-order valence-electron chi connectivity index (χ4n) is 3.30. The topological polar surface area (TPSA) is 85.5 Å². The Hall–Kier alpha value is -3.19. The summed E-state index contributed by atoms with van der Waals surface area (Å²) >= 11 is 5.87. The Balaban J connectivity index is 1.23. The number of rotatable bonds is 6. The number of ether oxygens (including phenoxy) is 1. The fraction of sp³-hybridized carbons (Fsp3) is 0.273. The van der Waals surface area contributed by atoms with Gasteiger partial charge in [-0.05, 0) is 41.8 Å². The maximum atomic E-state index is 12.4. The lowest BCUT2D eigenvalue weighted by atomic mass is 10.00. The number of fused-ring (bicyclic) bond motifs is 1. The molecule has 1 aromatic heterocycles. The second-order valence-electron chi connectivity index (χ2n) is 7.01. The Bertz CT molecular complexity index is 1050. The van der Waals surface area contributed by atoms with Crippen LogP contribution < -0.4 is 0 Å². The van der Waals surface area contributed by atoms with Gasteiger partial charge in [-0.2, -0.15) is 4.98 Å². The van der Waals surface area contributed by atoms with Crippen molar-refractivity contribution in [3.05, 3.63) is 70.6 Å². The van der Waals surface area contributed by atoms with Crippen LogP contribution in [0.5, 0.6) is 0 Å². The normalized spacial score (nSPS) is 13.0. The Kier molecular flexibility index (Phi) is 6.09. The van der Waals surface area contributed by atoms with Gasteiger partial charge in [-0.15, -0.1) is 0 Å². The van der Waals surface area contributed by atoms with Crippen LogP contribution in [0.1, 0.15) is 23.4 Å². The first-order chi connectivity index (χ1) is 14.6. The molecule has 0 aliphatic carbocycles. The molecule has 30 heavy (non-hydrogen) atoms. The molecule has 0 bridgehead atoms. The molecule has 2 aromatic carbocycles. The van der Waals surface area contributed by atoms with Crippen LogP contribution in [0.4, 0.5) is 0 Å². The van der Waals surface area contributed by atoms with E-state index in [-0.39, 0.29) is 25.4 Å². The molecule has 0 unspecified atom stereocenters. The van der Waals surface area contributed by atoms with E-state index in [1.165, 1.54) is 5.56 Å². The van der Waals surface area contributed by atoms with E-state index in [4.69, 9.17) is 20.9 Å². The summed E-state index contributed by atoms with van der Waals surface area (Å²) in [5.41, 5.74) is 3.16. The first kappa shape index (κ1) is 20.1. The third kappa shape index (κ3) is 4.86. The van der Waals surface area contributed by atoms with E-state index in [1.54, 1.807) is 29.2 Å². The van der Waals surface area contributed by atoms with E-state index in [0.717, 1.165) is 17.5 Å². The maximum absolute atomic E-state index is 12.4. The second kappa shape index (κ2) is 9.09. The zero-order chi connectivity index (χ0) is 20.9. The summed E-state index contributed by atoms with van der Waals surface area (Å²) in [5, 5.41) is 4.52. The van der Waals surface area contributed by atoms with Crippen LogP contribution >= 0.6 is 11.6 Å². The number of esters is 1. The summed E-state index contributed by atoms with van der Waals surface area (Å²) < 4.78 is 10.3. The predicted molar refractivity (Wildman–Crippen MR) is 110 cm³/mol. The molecule has 7 nitrogen and oxygen atoms in total. The molecule has 4 rings (SSSR count). The maximum Gasteiger partial charge on any atom is 0.306 e. The average molecular weight is 426 g/mol. The van der Waals surface area contributed by atoms with Crippen molar-refractivity contribution in [1.29, 1.82) is 0 Å². The lowest BCUT2D eigenvalue weighted by Gasteiger charge is -2.28. The van der Waals surface area contributed by atoms with Gasteiger partial charge in [-0.25, -0.2) is 0 Å². The molecule has 154 valence electrons. The van der Waals surface area contributed by atoms with Gasteiger partial charge in [0.25, 0.3) is 5.91 Å². The van der Waals surface area contributed by atoms with Gasteiger partial charge in [0.2, 0.25) is 11.7 Å². The quantitative estimate of drug-likeness (QED) is 0.562. The van der Waals surface area contributed by atoms with E-state index in [0.29, 0.717) is 29.8 Å². The highest BCUT2D eigenvalue weighted by Gasteiger charge is 2.21. The first-order valence-electron chi connectivity index (χ1n) is 9.67. The molecule has 1 aliphatic heterocycles. The number of hydrogen-bond donors (Lipinski definition) is 0. The van der Waals surface area contributed by atoms with Crippen LogP contribution in [0, 0.1) is 0 Å². The van der Waals surface area contributed by atoms with Crippen LogP contribution in [0.3, 0.4) is 0 Å². The third-order valence-electron chi connectivity index (χ3n) is 4.95. The molecule has 1 amide bonds. The predicted octanol–water partition coefficient (Wildman–Crippen LogP) is 3.45. The number of benzene rings is 2.